The number of alkyl carbamates (subject to hydrolysis) is 1. The summed E-state index contributed by atoms with van der Waals surface area (Å²) in [6.07, 6.45) is -0.416. The fraction of sp³-hybridized carbons (Fsp3) is 0.533. The summed E-state index contributed by atoms with van der Waals surface area (Å²) in [5.41, 5.74) is 0.475. The zero-order chi connectivity index (χ0) is 16.0. The van der Waals surface area contributed by atoms with E-state index < -0.39 is 11.7 Å². The van der Waals surface area contributed by atoms with Gasteiger partial charge in [0.1, 0.15) is 5.60 Å². The van der Waals surface area contributed by atoms with Gasteiger partial charge in [-0.25, -0.2) is 4.79 Å². The molecule has 2 N–H and O–H groups in total. The number of amides is 1. The fourth-order valence-electron chi connectivity index (χ4n) is 1.57. The van der Waals surface area contributed by atoms with Crippen LogP contribution in [0.5, 0.6) is 0 Å². The molecule has 0 spiro atoms. The fourth-order valence-corrected chi connectivity index (χ4v) is 2.05. The molecule has 0 saturated carbocycles. The molecule has 1 aromatic rings. The van der Waals surface area contributed by atoms with Gasteiger partial charge in [-0.3, -0.25) is 0 Å². The van der Waals surface area contributed by atoms with Crippen LogP contribution in [0.2, 0.25) is 10.0 Å². The Hall–Kier alpha value is -0.970. The number of rotatable bonds is 5. The van der Waals surface area contributed by atoms with Crippen LogP contribution in [-0.2, 0) is 11.3 Å². The van der Waals surface area contributed by atoms with Gasteiger partial charge in [0.25, 0.3) is 0 Å². The number of halogens is 2. The molecular formula is C15H22Cl2N2O2. The highest BCUT2D eigenvalue weighted by atomic mass is 35.5. The smallest absolute Gasteiger partial charge is 0.407 e. The third-order valence-electron chi connectivity index (χ3n) is 2.61. The Morgan fingerprint density at radius 1 is 1.33 bits per heavy atom. The Morgan fingerprint density at radius 2 is 2.00 bits per heavy atom. The average molecular weight is 333 g/mol. The average Bonchev–Trinajstić information content (AvgIpc) is 2.33. The van der Waals surface area contributed by atoms with Crippen LogP contribution in [0, 0.1) is 0 Å². The van der Waals surface area contributed by atoms with Crippen LogP contribution >= 0.6 is 23.2 Å². The highest BCUT2D eigenvalue weighted by molar-refractivity contribution is 6.35. The first-order valence-corrected chi connectivity index (χ1v) is 7.57. The molecule has 0 aliphatic heterocycles. The minimum Gasteiger partial charge on any atom is -0.444 e. The molecule has 1 rings (SSSR count). The normalized spacial score (nSPS) is 12.9. The zero-order valence-electron chi connectivity index (χ0n) is 12.8. The number of nitrogens with one attached hydrogen (secondary N) is 2. The van der Waals surface area contributed by atoms with Crippen LogP contribution in [0.1, 0.15) is 33.3 Å². The maximum Gasteiger partial charge on any atom is 0.407 e. The van der Waals surface area contributed by atoms with Gasteiger partial charge in [-0.2, -0.15) is 0 Å². The summed E-state index contributed by atoms with van der Waals surface area (Å²) in [5.74, 6) is 0. The summed E-state index contributed by atoms with van der Waals surface area (Å²) in [6, 6.07) is 5.48. The molecule has 0 fully saturated rings. The highest BCUT2D eigenvalue weighted by Crippen LogP contribution is 2.20. The highest BCUT2D eigenvalue weighted by Gasteiger charge is 2.16. The molecule has 0 aliphatic rings. The van der Waals surface area contributed by atoms with Crippen molar-refractivity contribution >= 4 is 29.3 Å². The molecule has 0 radical (unpaired) electrons. The van der Waals surface area contributed by atoms with Crippen molar-refractivity contribution in [2.45, 2.75) is 45.9 Å². The van der Waals surface area contributed by atoms with E-state index in [1.807, 2.05) is 33.8 Å². The summed E-state index contributed by atoms with van der Waals surface area (Å²) in [5, 5.41) is 7.24. The van der Waals surface area contributed by atoms with Crippen molar-refractivity contribution in [2.75, 3.05) is 6.54 Å². The summed E-state index contributed by atoms with van der Waals surface area (Å²) in [4.78, 5) is 11.5. The second-order valence-electron chi connectivity index (χ2n) is 5.90. The van der Waals surface area contributed by atoms with E-state index in [0.717, 1.165) is 5.56 Å². The maximum atomic E-state index is 11.5. The standard InChI is InChI=1S/C15H22Cl2N2O2/c1-10(8-19-14(20)21-15(2,3)4)18-9-11-5-6-12(16)7-13(11)17/h5-7,10,18H,8-9H2,1-4H3,(H,19,20). The molecule has 21 heavy (non-hydrogen) atoms. The van der Waals surface area contributed by atoms with Crippen molar-refractivity contribution in [2.24, 2.45) is 0 Å². The van der Waals surface area contributed by atoms with E-state index in [2.05, 4.69) is 10.6 Å². The van der Waals surface area contributed by atoms with Gasteiger partial charge in [0.05, 0.1) is 0 Å². The Balaban J connectivity index is 2.34. The van der Waals surface area contributed by atoms with Gasteiger partial charge in [-0.1, -0.05) is 29.3 Å². The van der Waals surface area contributed by atoms with Crippen LogP contribution in [0.15, 0.2) is 18.2 Å². The third-order valence-corrected chi connectivity index (χ3v) is 3.19. The van der Waals surface area contributed by atoms with Crippen LogP contribution in [0.4, 0.5) is 4.79 Å². The van der Waals surface area contributed by atoms with Crippen molar-refractivity contribution in [3.8, 4) is 0 Å². The van der Waals surface area contributed by atoms with E-state index in [1.54, 1.807) is 12.1 Å². The minimum absolute atomic E-state index is 0.0873. The predicted molar refractivity (Wildman–Crippen MR) is 87.0 cm³/mol. The van der Waals surface area contributed by atoms with Crippen molar-refractivity contribution in [3.63, 3.8) is 0 Å². The molecule has 4 nitrogen and oxygen atoms in total. The van der Waals surface area contributed by atoms with E-state index in [-0.39, 0.29) is 6.04 Å². The lowest BCUT2D eigenvalue weighted by Crippen LogP contribution is -2.41. The first-order chi connectivity index (χ1) is 9.67. The second-order valence-corrected chi connectivity index (χ2v) is 6.74. The molecule has 118 valence electrons. The summed E-state index contributed by atoms with van der Waals surface area (Å²) < 4.78 is 5.17. The van der Waals surface area contributed by atoms with E-state index in [0.29, 0.717) is 23.1 Å². The number of hydrogen-bond acceptors (Lipinski definition) is 3. The molecule has 1 aromatic carbocycles. The van der Waals surface area contributed by atoms with Crippen molar-refractivity contribution in [1.82, 2.24) is 10.6 Å². The Labute approximate surface area is 136 Å². The van der Waals surface area contributed by atoms with E-state index in [1.165, 1.54) is 0 Å². The maximum absolute atomic E-state index is 11.5. The van der Waals surface area contributed by atoms with Gasteiger partial charge in [-0.15, -0.1) is 0 Å². The summed E-state index contributed by atoms with van der Waals surface area (Å²) >= 11 is 11.9. The van der Waals surface area contributed by atoms with Gasteiger partial charge < -0.3 is 15.4 Å². The Morgan fingerprint density at radius 3 is 2.57 bits per heavy atom. The van der Waals surface area contributed by atoms with Crippen LogP contribution in [0.3, 0.4) is 0 Å². The molecule has 1 amide bonds. The van der Waals surface area contributed by atoms with Crippen molar-refractivity contribution < 1.29 is 9.53 Å². The van der Waals surface area contributed by atoms with Gasteiger partial charge in [0, 0.05) is 29.2 Å². The van der Waals surface area contributed by atoms with Gasteiger partial charge in [0.15, 0.2) is 0 Å². The summed E-state index contributed by atoms with van der Waals surface area (Å²) in [6.45, 7) is 8.54. The number of carbonyl (C=O) groups excluding carboxylic acids is 1. The molecule has 0 aliphatic carbocycles. The quantitative estimate of drug-likeness (QED) is 0.856. The predicted octanol–water partition coefficient (Wildman–Crippen LogP) is 4.00. The Kier molecular flexibility index (Phi) is 6.78. The monoisotopic (exact) mass is 332 g/mol. The molecule has 1 atom stereocenters. The van der Waals surface area contributed by atoms with E-state index >= 15 is 0 Å². The third kappa shape index (κ3) is 7.55. The number of ether oxygens (including phenoxy) is 1. The first-order valence-electron chi connectivity index (χ1n) is 6.81. The molecule has 0 saturated heterocycles. The molecule has 0 heterocycles. The molecular weight excluding hydrogens is 311 g/mol. The van der Waals surface area contributed by atoms with Crippen molar-refractivity contribution in [3.05, 3.63) is 33.8 Å². The lowest BCUT2D eigenvalue weighted by Gasteiger charge is -2.21. The minimum atomic E-state index is -0.489. The first kappa shape index (κ1) is 18.1. The van der Waals surface area contributed by atoms with Gasteiger partial charge in [0.2, 0.25) is 0 Å². The van der Waals surface area contributed by atoms with Gasteiger partial charge in [-0.05, 0) is 45.4 Å². The molecule has 0 aromatic heterocycles. The Bertz CT molecular complexity index is 487. The van der Waals surface area contributed by atoms with Crippen LogP contribution < -0.4 is 10.6 Å². The zero-order valence-corrected chi connectivity index (χ0v) is 14.3. The lowest BCUT2D eigenvalue weighted by atomic mass is 10.2. The molecule has 6 heteroatoms. The van der Waals surface area contributed by atoms with Crippen LogP contribution in [0.25, 0.3) is 0 Å². The second kappa shape index (κ2) is 7.87. The number of benzene rings is 1. The van der Waals surface area contributed by atoms with Crippen LogP contribution in [-0.4, -0.2) is 24.3 Å². The SMILES string of the molecule is CC(CNC(=O)OC(C)(C)C)NCc1ccc(Cl)cc1Cl. The van der Waals surface area contributed by atoms with E-state index in [9.17, 15) is 4.79 Å². The van der Waals surface area contributed by atoms with Crippen molar-refractivity contribution in [1.29, 1.82) is 0 Å². The molecule has 0 bridgehead atoms. The number of hydrogen-bond donors (Lipinski definition) is 2. The number of carbonyl (C=O) groups is 1. The topological polar surface area (TPSA) is 50.4 Å². The summed E-state index contributed by atoms with van der Waals surface area (Å²) in [7, 11) is 0. The lowest BCUT2D eigenvalue weighted by molar-refractivity contribution is 0.0523. The van der Waals surface area contributed by atoms with E-state index in [4.69, 9.17) is 27.9 Å². The largest absolute Gasteiger partial charge is 0.444 e. The molecule has 1 unspecified atom stereocenters. The van der Waals surface area contributed by atoms with Gasteiger partial charge >= 0.3 is 6.09 Å².